The molecule has 0 aliphatic heterocycles. The predicted molar refractivity (Wildman–Crippen MR) is 127 cm³/mol. The zero-order valence-corrected chi connectivity index (χ0v) is 19.2. The monoisotopic (exact) mass is 455 g/mol. The van der Waals surface area contributed by atoms with Gasteiger partial charge in [0.05, 0.1) is 24.0 Å². The number of anilines is 1. The minimum Gasteiger partial charge on any atom is -0.394 e. The first-order valence-corrected chi connectivity index (χ1v) is 10.6. The van der Waals surface area contributed by atoms with E-state index in [1.807, 2.05) is 43.3 Å². The Morgan fingerprint density at radius 3 is 2.55 bits per heavy atom. The van der Waals surface area contributed by atoms with Gasteiger partial charge in [-0.3, -0.25) is 10.1 Å². The quantitative estimate of drug-likeness (QED) is 0.340. The summed E-state index contributed by atoms with van der Waals surface area (Å²) in [4.78, 5) is 23.9. The molecule has 1 aromatic carbocycles. The Morgan fingerprint density at radius 1 is 1.30 bits per heavy atom. The number of para-hydroxylation sites is 1. The van der Waals surface area contributed by atoms with Gasteiger partial charge in [0.2, 0.25) is 5.91 Å². The number of benzene rings is 1. The highest BCUT2D eigenvalue weighted by Gasteiger charge is 2.20. The van der Waals surface area contributed by atoms with E-state index in [4.69, 9.17) is 5.73 Å². The van der Waals surface area contributed by atoms with Gasteiger partial charge in [-0.15, -0.1) is 0 Å². The maximum absolute atomic E-state index is 14.7. The first-order chi connectivity index (χ1) is 15.7. The number of hydrogen-bond donors (Lipinski definition) is 4. The lowest BCUT2D eigenvalue weighted by molar-refractivity contribution is -0.114. The molecular formula is C24H30FN5O3. The molecule has 0 unspecified atom stereocenters. The fraction of sp³-hybridized carbons (Fsp3) is 0.292. The number of urea groups is 1. The van der Waals surface area contributed by atoms with Crippen LogP contribution in [0.1, 0.15) is 38.4 Å². The van der Waals surface area contributed by atoms with Gasteiger partial charge in [0.15, 0.2) is 0 Å². The third kappa shape index (κ3) is 6.63. The van der Waals surface area contributed by atoms with Gasteiger partial charge in [0.1, 0.15) is 11.6 Å². The molecule has 1 aromatic heterocycles. The number of halogens is 1. The Kier molecular flexibility index (Phi) is 9.11. The number of rotatable bonds is 9. The van der Waals surface area contributed by atoms with Gasteiger partial charge in [-0.1, -0.05) is 37.3 Å². The molecule has 9 heteroatoms. The van der Waals surface area contributed by atoms with E-state index in [9.17, 15) is 19.1 Å². The maximum Gasteiger partial charge on any atom is 0.320 e. The Labute approximate surface area is 192 Å². The van der Waals surface area contributed by atoms with Crippen molar-refractivity contribution in [1.29, 1.82) is 0 Å². The summed E-state index contributed by atoms with van der Waals surface area (Å²) < 4.78 is 16.2. The normalized spacial score (nSPS) is 13.6. The van der Waals surface area contributed by atoms with Gasteiger partial charge in [-0.05, 0) is 45.4 Å². The fourth-order valence-corrected chi connectivity index (χ4v) is 2.89. The molecule has 0 bridgehead atoms. The second kappa shape index (κ2) is 11.8. The standard InChI is InChI=1S/C24H30FN5O3/c1-5-6-10-18(13-20(25)16(3)22(26)32)21-17(4)23(28-24(33)27-15(2)14-31)30(29-21)19-11-8-7-9-12-19/h6-13,15,31H,5,14H2,1-4H3,(H2,26,32)(H2,27,28,33)/b10-6-,18-13+,20-16-/t15-/m1/s1. The minimum absolute atomic E-state index is 0.201. The van der Waals surface area contributed by atoms with Crippen molar-refractivity contribution in [1.82, 2.24) is 15.1 Å². The van der Waals surface area contributed by atoms with Crippen LogP contribution in [0.3, 0.4) is 0 Å². The molecule has 0 fully saturated rings. The van der Waals surface area contributed by atoms with E-state index < -0.39 is 23.8 Å². The summed E-state index contributed by atoms with van der Waals surface area (Å²) in [6.07, 6.45) is 5.44. The molecule has 8 nitrogen and oxygen atoms in total. The highest BCUT2D eigenvalue weighted by molar-refractivity contribution is 5.93. The van der Waals surface area contributed by atoms with Crippen LogP contribution < -0.4 is 16.4 Å². The second-order valence-electron chi connectivity index (χ2n) is 7.50. The third-order valence-corrected chi connectivity index (χ3v) is 4.82. The van der Waals surface area contributed by atoms with Crippen molar-refractivity contribution in [3.63, 3.8) is 0 Å². The predicted octanol–water partition coefficient (Wildman–Crippen LogP) is 3.76. The largest absolute Gasteiger partial charge is 0.394 e. The molecule has 0 saturated heterocycles. The summed E-state index contributed by atoms with van der Waals surface area (Å²) in [5, 5.41) is 19.3. The van der Waals surface area contributed by atoms with Crippen molar-refractivity contribution >= 4 is 23.3 Å². The lowest BCUT2D eigenvalue weighted by atomic mass is 10.1. The van der Waals surface area contributed by atoms with E-state index in [0.29, 0.717) is 34.8 Å². The van der Waals surface area contributed by atoms with Crippen LogP contribution in [0.15, 0.2) is 60.0 Å². The molecule has 0 aliphatic carbocycles. The van der Waals surface area contributed by atoms with E-state index in [-0.39, 0.29) is 12.2 Å². The summed E-state index contributed by atoms with van der Waals surface area (Å²) >= 11 is 0. The maximum atomic E-state index is 14.7. The first kappa shape index (κ1) is 25.5. The fourth-order valence-electron chi connectivity index (χ4n) is 2.89. The molecule has 2 rings (SSSR count). The number of nitrogens with zero attached hydrogens (tertiary/aromatic N) is 2. The molecule has 2 aromatic rings. The van der Waals surface area contributed by atoms with Crippen molar-refractivity contribution < 1.29 is 19.1 Å². The Morgan fingerprint density at radius 2 is 1.97 bits per heavy atom. The molecule has 176 valence electrons. The smallest absolute Gasteiger partial charge is 0.320 e. The van der Waals surface area contributed by atoms with Crippen LogP contribution in [0.5, 0.6) is 0 Å². The number of amides is 3. The van der Waals surface area contributed by atoms with Crippen LogP contribution in [0, 0.1) is 6.92 Å². The van der Waals surface area contributed by atoms with E-state index in [1.54, 1.807) is 24.6 Å². The van der Waals surface area contributed by atoms with Crippen molar-refractivity contribution in [3.05, 3.63) is 71.2 Å². The number of allylic oxidation sites excluding steroid dienone is 5. The van der Waals surface area contributed by atoms with E-state index in [1.165, 1.54) is 13.0 Å². The number of aliphatic hydroxyl groups excluding tert-OH is 1. The van der Waals surface area contributed by atoms with Gasteiger partial charge < -0.3 is 16.2 Å². The number of nitrogens with two attached hydrogens (primary N) is 1. The molecule has 33 heavy (non-hydrogen) atoms. The van der Waals surface area contributed by atoms with Crippen molar-refractivity contribution in [2.75, 3.05) is 11.9 Å². The lowest BCUT2D eigenvalue weighted by Crippen LogP contribution is -2.38. The van der Waals surface area contributed by atoms with Gasteiger partial charge in [-0.2, -0.15) is 5.10 Å². The summed E-state index contributed by atoms with van der Waals surface area (Å²) in [5.74, 6) is -1.24. The average Bonchev–Trinajstić information content (AvgIpc) is 3.12. The third-order valence-electron chi connectivity index (χ3n) is 4.82. The summed E-state index contributed by atoms with van der Waals surface area (Å²) in [7, 11) is 0. The number of nitrogens with one attached hydrogen (secondary N) is 2. The molecule has 0 spiro atoms. The first-order valence-electron chi connectivity index (χ1n) is 10.6. The summed E-state index contributed by atoms with van der Waals surface area (Å²) in [6, 6.07) is 8.18. The van der Waals surface area contributed by atoms with Gasteiger partial charge >= 0.3 is 6.03 Å². The molecule has 0 radical (unpaired) electrons. The summed E-state index contributed by atoms with van der Waals surface area (Å²) in [5.41, 5.74) is 7.11. The topological polar surface area (TPSA) is 122 Å². The van der Waals surface area contributed by atoms with E-state index in [2.05, 4.69) is 15.7 Å². The van der Waals surface area contributed by atoms with Gasteiger partial charge in [0, 0.05) is 16.7 Å². The lowest BCUT2D eigenvalue weighted by Gasteiger charge is -2.14. The SMILES string of the molecule is CC\C=C/C(=C\C(F)=C(/C)C(N)=O)c1nn(-c2ccccc2)c(NC(=O)N[C@H](C)CO)c1C. The van der Waals surface area contributed by atoms with Crippen molar-refractivity contribution in [2.24, 2.45) is 5.73 Å². The molecule has 1 atom stereocenters. The zero-order valence-electron chi connectivity index (χ0n) is 19.2. The molecule has 1 heterocycles. The van der Waals surface area contributed by atoms with Crippen LogP contribution in [-0.2, 0) is 4.79 Å². The van der Waals surface area contributed by atoms with E-state index >= 15 is 0 Å². The molecule has 0 aliphatic rings. The number of primary amides is 1. The average molecular weight is 456 g/mol. The highest BCUT2D eigenvalue weighted by atomic mass is 19.1. The van der Waals surface area contributed by atoms with Crippen molar-refractivity contribution in [3.8, 4) is 5.69 Å². The second-order valence-corrected chi connectivity index (χ2v) is 7.50. The number of carbonyl (C=O) groups excluding carboxylic acids is 2. The highest BCUT2D eigenvalue weighted by Crippen LogP contribution is 2.30. The zero-order chi connectivity index (χ0) is 24.5. The number of hydrogen-bond acceptors (Lipinski definition) is 4. The number of aliphatic hydroxyl groups is 1. The summed E-state index contributed by atoms with van der Waals surface area (Å²) in [6.45, 7) is 6.45. The molecule has 3 amide bonds. The Balaban J connectivity index is 2.67. The van der Waals surface area contributed by atoms with Crippen LogP contribution in [-0.4, -0.2) is 39.5 Å². The Hall–Kier alpha value is -3.72. The molecule has 0 saturated carbocycles. The van der Waals surface area contributed by atoms with Gasteiger partial charge in [0.25, 0.3) is 0 Å². The van der Waals surface area contributed by atoms with Crippen LogP contribution in [0.4, 0.5) is 15.0 Å². The van der Waals surface area contributed by atoms with Crippen molar-refractivity contribution in [2.45, 2.75) is 40.2 Å². The molecular weight excluding hydrogens is 425 g/mol. The van der Waals surface area contributed by atoms with Crippen LogP contribution in [0.2, 0.25) is 0 Å². The van der Waals surface area contributed by atoms with Crippen LogP contribution >= 0.6 is 0 Å². The Bertz CT molecular complexity index is 1090. The van der Waals surface area contributed by atoms with Gasteiger partial charge in [-0.25, -0.2) is 13.9 Å². The van der Waals surface area contributed by atoms with E-state index in [0.717, 1.165) is 0 Å². The molecule has 5 N–H and O–H groups in total. The number of carbonyl (C=O) groups is 2. The van der Waals surface area contributed by atoms with Crippen LogP contribution in [0.25, 0.3) is 11.3 Å². The minimum atomic E-state index is -0.855. The number of aromatic nitrogens is 2.